The maximum atomic E-state index is 15.6. The summed E-state index contributed by atoms with van der Waals surface area (Å²) in [5.74, 6) is -2.73. The first-order valence-electron chi connectivity index (χ1n) is 10.1. The lowest BCUT2D eigenvalue weighted by Gasteiger charge is -2.24. The van der Waals surface area contributed by atoms with Crippen molar-refractivity contribution in [2.45, 2.75) is 45.2 Å². The molecule has 2 aromatic rings. The molecule has 0 bridgehead atoms. The molecular weight excluding hydrogens is 380 g/mol. The molecule has 1 aromatic carbocycles. The summed E-state index contributed by atoms with van der Waals surface area (Å²) in [6, 6.07) is 1.17. The minimum absolute atomic E-state index is 0.00193. The molecule has 1 aliphatic carbocycles. The number of carboxylic acids is 1. The molecule has 0 amide bonds. The minimum Gasteiger partial charge on any atom is -0.477 e. The molecule has 2 fully saturated rings. The largest absolute Gasteiger partial charge is 0.477 e. The van der Waals surface area contributed by atoms with Crippen molar-refractivity contribution in [3.8, 4) is 0 Å². The third kappa shape index (κ3) is 3.39. The molecule has 156 valence electrons. The van der Waals surface area contributed by atoms with Crippen LogP contribution >= 0.6 is 0 Å². The normalized spacial score (nSPS) is 20.4. The van der Waals surface area contributed by atoms with Crippen LogP contribution in [0, 0.1) is 17.6 Å². The Hall–Kier alpha value is -2.48. The van der Waals surface area contributed by atoms with Crippen LogP contribution < -0.4 is 15.6 Å². The predicted molar refractivity (Wildman–Crippen MR) is 107 cm³/mol. The SMILES string of the molecule is CCNC(C)C1CCN(c2c(F)cc3c(=O)c(C(=O)O)cn(C4CC4)c3c2F)C1. The zero-order valence-corrected chi connectivity index (χ0v) is 16.5. The Bertz CT molecular complexity index is 1030. The average molecular weight is 405 g/mol. The van der Waals surface area contributed by atoms with Crippen LogP contribution in [0.4, 0.5) is 14.5 Å². The number of fused-ring (bicyclic) bond motifs is 1. The molecule has 4 rings (SSSR count). The number of nitrogens with one attached hydrogen (secondary N) is 1. The van der Waals surface area contributed by atoms with Crippen molar-refractivity contribution >= 4 is 22.6 Å². The van der Waals surface area contributed by atoms with Gasteiger partial charge in [-0.3, -0.25) is 4.79 Å². The van der Waals surface area contributed by atoms with E-state index in [1.165, 1.54) is 10.8 Å². The van der Waals surface area contributed by atoms with Gasteiger partial charge < -0.3 is 19.9 Å². The smallest absolute Gasteiger partial charge is 0.341 e. The second-order valence-electron chi connectivity index (χ2n) is 8.07. The Morgan fingerprint density at radius 2 is 2.07 bits per heavy atom. The summed E-state index contributed by atoms with van der Waals surface area (Å²) in [5.41, 5.74) is -1.44. The van der Waals surface area contributed by atoms with Crippen LogP contribution in [0.15, 0.2) is 17.1 Å². The topological polar surface area (TPSA) is 74.6 Å². The highest BCUT2D eigenvalue weighted by Crippen LogP contribution is 2.40. The van der Waals surface area contributed by atoms with Crippen molar-refractivity contribution in [2.75, 3.05) is 24.5 Å². The van der Waals surface area contributed by atoms with E-state index in [2.05, 4.69) is 12.2 Å². The van der Waals surface area contributed by atoms with E-state index >= 15 is 4.39 Å². The number of anilines is 1. The van der Waals surface area contributed by atoms with E-state index in [4.69, 9.17) is 0 Å². The van der Waals surface area contributed by atoms with Crippen molar-refractivity contribution in [1.29, 1.82) is 0 Å². The third-order valence-corrected chi connectivity index (χ3v) is 6.13. The lowest BCUT2D eigenvalue weighted by atomic mass is 10.0. The van der Waals surface area contributed by atoms with Gasteiger partial charge in [0.25, 0.3) is 0 Å². The van der Waals surface area contributed by atoms with E-state index < -0.39 is 28.6 Å². The van der Waals surface area contributed by atoms with E-state index in [0.717, 1.165) is 31.9 Å². The predicted octanol–water partition coefficient (Wildman–Crippen LogP) is 3.14. The standard InChI is InChI=1S/C21H25F2N3O3/c1-3-24-11(2)12-6-7-25(9-12)19-16(22)8-14-18(17(19)23)26(13-4-5-13)10-15(20(14)27)21(28)29/h8,10-13,24H,3-7,9H2,1-2H3,(H,28,29). The molecule has 1 saturated carbocycles. The quantitative estimate of drug-likeness (QED) is 0.772. The summed E-state index contributed by atoms with van der Waals surface area (Å²) in [7, 11) is 0. The van der Waals surface area contributed by atoms with Crippen molar-refractivity contribution in [3.63, 3.8) is 0 Å². The zero-order chi connectivity index (χ0) is 20.9. The fraction of sp³-hybridized carbons (Fsp3) is 0.524. The molecule has 8 heteroatoms. The van der Waals surface area contributed by atoms with Gasteiger partial charge in [-0.25, -0.2) is 13.6 Å². The van der Waals surface area contributed by atoms with Crippen molar-refractivity contribution in [1.82, 2.24) is 9.88 Å². The Morgan fingerprint density at radius 1 is 1.34 bits per heavy atom. The van der Waals surface area contributed by atoms with Gasteiger partial charge in [0, 0.05) is 31.4 Å². The van der Waals surface area contributed by atoms with Crippen LogP contribution in [-0.2, 0) is 0 Å². The number of halogens is 2. The van der Waals surface area contributed by atoms with Crippen LogP contribution in [0.5, 0.6) is 0 Å². The van der Waals surface area contributed by atoms with Gasteiger partial charge in [-0.15, -0.1) is 0 Å². The average Bonchev–Trinajstić information content (AvgIpc) is 3.40. The van der Waals surface area contributed by atoms with Crippen LogP contribution in [-0.4, -0.2) is 41.3 Å². The number of carbonyl (C=O) groups is 1. The van der Waals surface area contributed by atoms with E-state index in [0.29, 0.717) is 13.1 Å². The van der Waals surface area contributed by atoms with Gasteiger partial charge >= 0.3 is 5.97 Å². The first-order chi connectivity index (χ1) is 13.8. The molecule has 2 unspecified atom stereocenters. The van der Waals surface area contributed by atoms with Gasteiger partial charge in [0.2, 0.25) is 5.43 Å². The van der Waals surface area contributed by atoms with E-state index in [1.807, 2.05) is 6.92 Å². The summed E-state index contributed by atoms with van der Waals surface area (Å²) in [5, 5.41) is 12.5. The lowest BCUT2D eigenvalue weighted by molar-refractivity contribution is 0.0695. The monoisotopic (exact) mass is 405 g/mol. The van der Waals surface area contributed by atoms with Gasteiger partial charge in [-0.2, -0.15) is 0 Å². The second-order valence-corrected chi connectivity index (χ2v) is 8.07. The Morgan fingerprint density at radius 3 is 2.69 bits per heavy atom. The maximum Gasteiger partial charge on any atom is 0.341 e. The van der Waals surface area contributed by atoms with Crippen LogP contribution in [0.25, 0.3) is 10.9 Å². The van der Waals surface area contributed by atoms with E-state index in [9.17, 15) is 19.1 Å². The molecule has 1 saturated heterocycles. The van der Waals surface area contributed by atoms with Crippen LogP contribution in [0.1, 0.15) is 49.5 Å². The van der Waals surface area contributed by atoms with Gasteiger partial charge in [-0.05, 0) is 44.7 Å². The lowest BCUT2D eigenvalue weighted by Crippen LogP contribution is -2.35. The van der Waals surface area contributed by atoms with Crippen molar-refractivity contribution < 1.29 is 18.7 Å². The molecule has 2 atom stereocenters. The van der Waals surface area contributed by atoms with E-state index in [1.54, 1.807) is 4.90 Å². The molecule has 2 heterocycles. The molecule has 0 spiro atoms. The number of hydrogen-bond acceptors (Lipinski definition) is 4. The summed E-state index contributed by atoms with van der Waals surface area (Å²) in [6.45, 7) is 5.97. The van der Waals surface area contributed by atoms with Gasteiger partial charge in [0.15, 0.2) is 5.82 Å². The van der Waals surface area contributed by atoms with Gasteiger partial charge in [-0.1, -0.05) is 6.92 Å². The Kier molecular flexibility index (Phi) is 5.06. The molecule has 1 aromatic heterocycles. The molecule has 2 aliphatic rings. The number of hydrogen-bond donors (Lipinski definition) is 2. The molecular formula is C21H25F2N3O3. The molecule has 2 N–H and O–H groups in total. The maximum absolute atomic E-state index is 15.6. The molecule has 0 radical (unpaired) electrons. The molecule has 1 aliphatic heterocycles. The number of rotatable bonds is 6. The van der Waals surface area contributed by atoms with Crippen LogP contribution in [0.3, 0.4) is 0 Å². The van der Waals surface area contributed by atoms with Gasteiger partial charge in [0.05, 0.1) is 10.9 Å². The number of pyridine rings is 1. The first-order valence-corrected chi connectivity index (χ1v) is 10.1. The summed E-state index contributed by atoms with van der Waals surface area (Å²) >= 11 is 0. The third-order valence-electron chi connectivity index (χ3n) is 6.13. The summed E-state index contributed by atoms with van der Waals surface area (Å²) in [6.07, 6.45) is 3.57. The number of carboxylic acid groups (broad SMARTS) is 1. The summed E-state index contributed by atoms with van der Waals surface area (Å²) < 4.78 is 32.1. The molecule has 29 heavy (non-hydrogen) atoms. The minimum atomic E-state index is -1.39. The fourth-order valence-electron chi connectivity index (χ4n) is 4.40. The van der Waals surface area contributed by atoms with Gasteiger partial charge in [0.1, 0.15) is 17.1 Å². The zero-order valence-electron chi connectivity index (χ0n) is 16.5. The highest BCUT2D eigenvalue weighted by molar-refractivity contribution is 5.94. The van der Waals surface area contributed by atoms with Crippen LogP contribution in [0.2, 0.25) is 0 Å². The number of aromatic nitrogens is 1. The molecule has 6 nitrogen and oxygen atoms in total. The number of nitrogens with zero attached hydrogens (tertiary/aromatic N) is 2. The number of aromatic carboxylic acids is 1. The van der Waals surface area contributed by atoms with E-state index in [-0.39, 0.29) is 34.6 Å². The highest BCUT2D eigenvalue weighted by Gasteiger charge is 2.34. The second kappa shape index (κ2) is 7.40. The first kappa shape index (κ1) is 19.8. The number of benzene rings is 1. The fourth-order valence-corrected chi connectivity index (χ4v) is 4.40. The van der Waals surface area contributed by atoms with Crippen molar-refractivity contribution in [3.05, 3.63) is 39.7 Å². The highest BCUT2D eigenvalue weighted by atomic mass is 19.1. The summed E-state index contributed by atoms with van der Waals surface area (Å²) in [4.78, 5) is 25.7. The Labute approximate surface area is 167 Å². The Balaban J connectivity index is 1.83. The van der Waals surface area contributed by atoms with Crippen molar-refractivity contribution in [2.24, 2.45) is 5.92 Å².